The number of ether oxygens (including phenoxy) is 2. The van der Waals surface area contributed by atoms with Gasteiger partial charge in [0.25, 0.3) is 0 Å². The third-order valence-corrected chi connectivity index (χ3v) is 2.90. The van der Waals surface area contributed by atoms with Gasteiger partial charge in [0.2, 0.25) is 5.88 Å². The first-order valence-corrected chi connectivity index (χ1v) is 6.76. The Morgan fingerprint density at radius 1 is 1.41 bits per heavy atom. The smallest absolute Gasteiger partial charge is 0.338 e. The van der Waals surface area contributed by atoms with E-state index < -0.39 is 12.6 Å². The monoisotopic (exact) mass is 308 g/mol. The number of carbonyl (C=O) groups excluding carboxylic acids is 1. The van der Waals surface area contributed by atoms with Gasteiger partial charge in [0, 0.05) is 11.6 Å². The summed E-state index contributed by atoms with van der Waals surface area (Å²) in [5.41, 5.74) is 1.01. The van der Waals surface area contributed by atoms with Crippen molar-refractivity contribution in [1.82, 2.24) is 9.94 Å². The molecule has 7 heteroatoms. The first-order valence-electron chi connectivity index (χ1n) is 6.76. The van der Waals surface area contributed by atoms with Gasteiger partial charge in [-0.15, -0.1) is 4.85 Å². The van der Waals surface area contributed by atoms with E-state index in [0.717, 1.165) is 0 Å². The number of hydrogen-bond acceptors (Lipinski definition) is 5. The molecule has 0 saturated heterocycles. The molecule has 1 aromatic heterocycles. The maximum atomic E-state index is 13.2. The second-order valence-corrected chi connectivity index (χ2v) is 4.89. The van der Waals surface area contributed by atoms with E-state index in [-0.39, 0.29) is 24.2 Å². The number of rotatable bonds is 6. The van der Waals surface area contributed by atoms with Crippen LogP contribution in [0.2, 0.25) is 0 Å². The van der Waals surface area contributed by atoms with Crippen molar-refractivity contribution in [2.24, 2.45) is 0 Å². The van der Waals surface area contributed by atoms with Crippen LogP contribution in [0.3, 0.4) is 0 Å². The predicted octanol–water partition coefficient (Wildman–Crippen LogP) is 2.73. The molecule has 1 heterocycles. The number of esters is 1. The van der Waals surface area contributed by atoms with Gasteiger partial charge in [-0.1, -0.05) is 17.2 Å². The summed E-state index contributed by atoms with van der Waals surface area (Å²) >= 11 is 0. The van der Waals surface area contributed by atoms with Crippen LogP contribution in [-0.4, -0.2) is 27.2 Å². The lowest BCUT2D eigenvalue weighted by atomic mass is 10.0. The van der Waals surface area contributed by atoms with E-state index in [2.05, 4.69) is 5.10 Å². The number of alkyl halides is 1. The molecule has 118 valence electrons. The summed E-state index contributed by atoms with van der Waals surface area (Å²) in [4.78, 5) is 12.7. The molecule has 2 rings (SSSR count). The molecule has 0 atom stereocenters. The van der Waals surface area contributed by atoms with Gasteiger partial charge in [0.15, 0.2) is 0 Å². The van der Waals surface area contributed by atoms with Gasteiger partial charge in [-0.05, 0) is 25.5 Å². The molecule has 22 heavy (non-hydrogen) atoms. The van der Waals surface area contributed by atoms with Crippen LogP contribution in [0.4, 0.5) is 4.39 Å². The minimum absolute atomic E-state index is 0.0559. The first-order chi connectivity index (χ1) is 10.5. The Bertz CT molecular complexity index is 655. The Kier molecular flexibility index (Phi) is 4.98. The molecule has 0 aliphatic heterocycles. The van der Waals surface area contributed by atoms with E-state index in [1.807, 2.05) is 0 Å². The summed E-state index contributed by atoms with van der Waals surface area (Å²) in [7, 11) is 0. The summed E-state index contributed by atoms with van der Waals surface area (Å²) in [6.07, 6.45) is 1.02. The Labute approximate surface area is 127 Å². The molecule has 0 fully saturated rings. The Morgan fingerprint density at radius 3 is 2.77 bits per heavy atom. The number of hydrogen-bond donors (Lipinski definition) is 1. The van der Waals surface area contributed by atoms with Crippen LogP contribution in [-0.2, 0) is 18.0 Å². The van der Waals surface area contributed by atoms with Crippen LogP contribution in [0.5, 0.6) is 5.88 Å². The highest BCUT2D eigenvalue weighted by Crippen LogP contribution is 2.20. The average Bonchev–Trinajstić information content (AvgIpc) is 2.89. The summed E-state index contributed by atoms with van der Waals surface area (Å²) in [5.74, 6) is -0.365. The van der Waals surface area contributed by atoms with Crippen molar-refractivity contribution in [3.8, 4) is 5.88 Å². The topological polar surface area (TPSA) is 73.6 Å². The Morgan fingerprint density at radius 2 is 2.18 bits per heavy atom. The molecule has 0 saturated carbocycles. The van der Waals surface area contributed by atoms with Gasteiger partial charge in [-0.25, -0.2) is 9.18 Å². The summed E-state index contributed by atoms with van der Waals surface area (Å²) in [5, 5.41) is 12.7. The number of halogens is 1. The third-order valence-electron chi connectivity index (χ3n) is 2.90. The van der Waals surface area contributed by atoms with Crippen LogP contribution in [0.15, 0.2) is 30.5 Å². The van der Waals surface area contributed by atoms with Crippen LogP contribution >= 0.6 is 0 Å². The molecule has 0 aliphatic rings. The highest BCUT2D eigenvalue weighted by atomic mass is 19.1. The lowest BCUT2D eigenvalue weighted by Gasteiger charge is -2.14. The lowest BCUT2D eigenvalue weighted by Crippen LogP contribution is -2.15. The van der Waals surface area contributed by atoms with E-state index in [4.69, 9.17) is 14.7 Å². The minimum Gasteiger partial charge on any atom is -0.472 e. The van der Waals surface area contributed by atoms with Crippen LogP contribution in [0, 0.1) is 0 Å². The SMILES string of the molecule is CC(C)OC(=O)c1cccc(CF)c1COc1ccn(O)n1. The second kappa shape index (κ2) is 6.93. The Balaban J connectivity index is 2.24. The minimum atomic E-state index is -0.726. The molecule has 0 aliphatic carbocycles. The van der Waals surface area contributed by atoms with E-state index in [1.165, 1.54) is 12.3 Å². The van der Waals surface area contributed by atoms with E-state index in [9.17, 15) is 9.18 Å². The first kappa shape index (κ1) is 15.8. The van der Waals surface area contributed by atoms with Crippen LogP contribution < -0.4 is 4.74 Å². The highest BCUT2D eigenvalue weighted by molar-refractivity contribution is 5.91. The molecular weight excluding hydrogens is 291 g/mol. The highest BCUT2D eigenvalue weighted by Gasteiger charge is 2.18. The van der Waals surface area contributed by atoms with E-state index >= 15 is 0 Å². The van der Waals surface area contributed by atoms with Crippen molar-refractivity contribution in [2.75, 3.05) is 0 Å². The maximum Gasteiger partial charge on any atom is 0.338 e. The predicted molar refractivity (Wildman–Crippen MR) is 75.5 cm³/mol. The fourth-order valence-electron chi connectivity index (χ4n) is 1.92. The quantitative estimate of drug-likeness (QED) is 0.656. The third kappa shape index (κ3) is 3.75. The van der Waals surface area contributed by atoms with Gasteiger partial charge in [0.05, 0.1) is 17.9 Å². The molecular formula is C15H17FN2O4. The van der Waals surface area contributed by atoms with Crippen molar-refractivity contribution in [3.05, 3.63) is 47.2 Å². The van der Waals surface area contributed by atoms with E-state index in [1.54, 1.807) is 32.0 Å². The van der Waals surface area contributed by atoms with Crippen molar-refractivity contribution in [1.29, 1.82) is 0 Å². The van der Waals surface area contributed by atoms with Crippen molar-refractivity contribution in [3.63, 3.8) is 0 Å². The molecule has 0 radical (unpaired) electrons. The van der Waals surface area contributed by atoms with Crippen molar-refractivity contribution < 1.29 is 23.9 Å². The molecule has 2 aromatic rings. The second-order valence-electron chi connectivity index (χ2n) is 4.89. The molecule has 0 spiro atoms. The molecule has 0 amide bonds. The number of carbonyl (C=O) groups is 1. The zero-order valence-corrected chi connectivity index (χ0v) is 12.3. The fourth-order valence-corrected chi connectivity index (χ4v) is 1.92. The molecule has 1 aromatic carbocycles. The van der Waals surface area contributed by atoms with Gasteiger partial charge in [0.1, 0.15) is 13.3 Å². The van der Waals surface area contributed by atoms with Crippen molar-refractivity contribution >= 4 is 5.97 Å². The van der Waals surface area contributed by atoms with Crippen LogP contribution in [0.25, 0.3) is 0 Å². The van der Waals surface area contributed by atoms with Gasteiger partial charge in [-0.3, -0.25) is 0 Å². The summed E-state index contributed by atoms with van der Waals surface area (Å²) < 4.78 is 23.7. The van der Waals surface area contributed by atoms with Gasteiger partial charge in [-0.2, -0.15) is 0 Å². The molecule has 0 unspecified atom stereocenters. The lowest BCUT2D eigenvalue weighted by molar-refractivity contribution is 0.0374. The summed E-state index contributed by atoms with van der Waals surface area (Å²) in [6, 6.07) is 6.19. The number of aromatic nitrogens is 2. The zero-order chi connectivity index (χ0) is 16.1. The normalized spacial score (nSPS) is 10.7. The van der Waals surface area contributed by atoms with Crippen LogP contribution in [0.1, 0.15) is 35.3 Å². The number of benzene rings is 1. The van der Waals surface area contributed by atoms with Gasteiger partial charge >= 0.3 is 5.97 Å². The molecule has 1 N–H and O–H groups in total. The number of nitrogens with zero attached hydrogens (tertiary/aromatic N) is 2. The largest absolute Gasteiger partial charge is 0.472 e. The van der Waals surface area contributed by atoms with Crippen molar-refractivity contribution in [2.45, 2.75) is 33.2 Å². The molecule has 6 nitrogen and oxygen atoms in total. The summed E-state index contributed by atoms with van der Waals surface area (Å²) in [6.45, 7) is 2.69. The van der Waals surface area contributed by atoms with E-state index in [0.29, 0.717) is 16.0 Å². The molecule has 0 bridgehead atoms. The standard InChI is InChI=1S/C15H17FN2O4/c1-10(2)22-15(19)12-5-3-4-11(8-16)13(12)9-21-14-6-7-18(20)17-14/h3-7,10,20H,8-9H2,1-2H3. The maximum absolute atomic E-state index is 13.2. The average molecular weight is 308 g/mol. The fraction of sp³-hybridized carbons (Fsp3) is 0.333. The van der Waals surface area contributed by atoms with Gasteiger partial charge < -0.3 is 14.7 Å². The Hall–Kier alpha value is -2.57. The zero-order valence-electron chi connectivity index (χ0n) is 12.3.